The van der Waals surface area contributed by atoms with Crippen molar-refractivity contribution in [3.63, 3.8) is 0 Å². The van der Waals surface area contributed by atoms with Crippen molar-refractivity contribution in [3.8, 4) is 0 Å². The monoisotopic (exact) mass is 457 g/mol. The Bertz CT molecular complexity index is 1310. The van der Waals surface area contributed by atoms with Crippen molar-refractivity contribution in [2.75, 3.05) is 0 Å². The molecule has 0 fully saturated rings. The van der Waals surface area contributed by atoms with Crippen LogP contribution in [0.5, 0.6) is 0 Å². The van der Waals surface area contributed by atoms with Gasteiger partial charge in [-0.1, -0.05) is 60.3 Å². The summed E-state index contributed by atoms with van der Waals surface area (Å²) in [5, 5.41) is 12.1. The first-order valence-electron chi connectivity index (χ1n) is 10.6. The van der Waals surface area contributed by atoms with E-state index in [-0.39, 0.29) is 0 Å². The lowest BCUT2D eigenvalue weighted by molar-refractivity contribution is 0.610. The van der Waals surface area contributed by atoms with Gasteiger partial charge in [-0.25, -0.2) is 9.97 Å². The van der Waals surface area contributed by atoms with Crippen LogP contribution in [0.1, 0.15) is 27.7 Å². The molecule has 7 heteroatoms. The predicted molar refractivity (Wildman–Crippen MR) is 131 cm³/mol. The van der Waals surface area contributed by atoms with Crippen LogP contribution in [0.4, 0.5) is 0 Å². The van der Waals surface area contributed by atoms with E-state index in [1.54, 1.807) is 23.1 Å². The van der Waals surface area contributed by atoms with Gasteiger partial charge in [0.25, 0.3) is 0 Å². The fourth-order valence-corrected chi connectivity index (χ4v) is 5.32. The second-order valence-corrected chi connectivity index (χ2v) is 9.55. The van der Waals surface area contributed by atoms with E-state index in [0.29, 0.717) is 5.75 Å². The van der Waals surface area contributed by atoms with Crippen LogP contribution < -0.4 is 0 Å². The molecule has 5 rings (SSSR count). The molecule has 0 saturated heterocycles. The fourth-order valence-electron chi connectivity index (χ4n) is 3.63. The summed E-state index contributed by atoms with van der Waals surface area (Å²) < 4.78 is 2.27. The molecule has 0 spiro atoms. The van der Waals surface area contributed by atoms with Crippen LogP contribution in [0, 0.1) is 6.92 Å². The third kappa shape index (κ3) is 4.74. The van der Waals surface area contributed by atoms with Crippen molar-refractivity contribution in [1.29, 1.82) is 0 Å². The molecule has 0 saturated carbocycles. The van der Waals surface area contributed by atoms with E-state index in [4.69, 9.17) is 9.97 Å². The standard InChI is InChI=1S/C25H23N5S2/c1-18-23(27-22-12-6-5-11-21(22)26-18)17-32-25-29-28-24(16-20-10-7-15-31-20)30(25)14-13-19-8-3-2-4-9-19/h2-12,15H,13-14,16-17H2,1H3. The summed E-state index contributed by atoms with van der Waals surface area (Å²) >= 11 is 3.44. The summed E-state index contributed by atoms with van der Waals surface area (Å²) in [5.74, 6) is 1.72. The maximum atomic E-state index is 4.84. The number of hydrogen-bond donors (Lipinski definition) is 0. The molecule has 3 heterocycles. The maximum Gasteiger partial charge on any atom is 0.191 e. The molecule has 32 heavy (non-hydrogen) atoms. The smallest absolute Gasteiger partial charge is 0.191 e. The number of fused-ring (bicyclic) bond motifs is 1. The van der Waals surface area contributed by atoms with Crippen LogP contribution in [0.3, 0.4) is 0 Å². The molecule has 160 valence electrons. The van der Waals surface area contributed by atoms with Crippen molar-refractivity contribution < 1.29 is 0 Å². The Kier molecular flexibility index (Phi) is 6.27. The Balaban J connectivity index is 1.38. The number of aryl methyl sites for hydroxylation is 2. The number of thioether (sulfide) groups is 1. The maximum absolute atomic E-state index is 4.84. The molecule has 0 radical (unpaired) electrons. The zero-order valence-electron chi connectivity index (χ0n) is 17.8. The highest BCUT2D eigenvalue weighted by Crippen LogP contribution is 2.25. The normalized spacial score (nSPS) is 11.3. The minimum absolute atomic E-state index is 0.714. The molecule has 5 nitrogen and oxygen atoms in total. The number of thiophene rings is 1. The molecule has 0 unspecified atom stereocenters. The molecule has 0 bridgehead atoms. The SMILES string of the molecule is Cc1nc2ccccc2nc1CSc1nnc(Cc2cccs2)n1CCc1ccccc1. The van der Waals surface area contributed by atoms with Gasteiger partial charge in [0.15, 0.2) is 5.16 Å². The fraction of sp³-hybridized carbons (Fsp3) is 0.200. The van der Waals surface area contributed by atoms with Crippen LogP contribution in [0.25, 0.3) is 11.0 Å². The lowest BCUT2D eigenvalue weighted by Gasteiger charge is -2.11. The van der Waals surface area contributed by atoms with Gasteiger partial charge in [-0.15, -0.1) is 21.5 Å². The lowest BCUT2D eigenvalue weighted by Crippen LogP contribution is -2.08. The quantitative estimate of drug-likeness (QED) is 0.279. The summed E-state index contributed by atoms with van der Waals surface area (Å²) in [6.45, 7) is 2.88. The largest absolute Gasteiger partial charge is 0.305 e. The zero-order chi connectivity index (χ0) is 21.8. The van der Waals surface area contributed by atoms with Gasteiger partial charge in [0, 0.05) is 23.6 Å². The number of rotatable bonds is 8. The Morgan fingerprint density at radius 2 is 1.66 bits per heavy atom. The van der Waals surface area contributed by atoms with Crippen molar-refractivity contribution in [2.45, 2.75) is 37.2 Å². The minimum atomic E-state index is 0.714. The average Bonchev–Trinajstić information content (AvgIpc) is 3.47. The number of aromatic nitrogens is 5. The van der Waals surface area contributed by atoms with E-state index in [1.165, 1.54) is 10.4 Å². The lowest BCUT2D eigenvalue weighted by atomic mass is 10.1. The van der Waals surface area contributed by atoms with Gasteiger partial charge < -0.3 is 4.57 Å². The predicted octanol–water partition coefficient (Wildman–Crippen LogP) is 5.72. The Morgan fingerprint density at radius 1 is 0.875 bits per heavy atom. The van der Waals surface area contributed by atoms with Gasteiger partial charge in [-0.2, -0.15) is 0 Å². The second kappa shape index (κ2) is 9.63. The van der Waals surface area contributed by atoms with Crippen molar-refractivity contribution >= 4 is 34.1 Å². The summed E-state index contributed by atoms with van der Waals surface area (Å²) in [4.78, 5) is 10.9. The highest BCUT2D eigenvalue weighted by atomic mass is 32.2. The van der Waals surface area contributed by atoms with Gasteiger partial charge in [0.05, 0.1) is 22.4 Å². The molecular weight excluding hydrogens is 434 g/mol. The topological polar surface area (TPSA) is 56.5 Å². The Hall–Kier alpha value is -3.03. The third-order valence-corrected chi connectivity index (χ3v) is 7.21. The molecule has 0 aliphatic carbocycles. The van der Waals surface area contributed by atoms with Crippen LogP contribution in [0.2, 0.25) is 0 Å². The van der Waals surface area contributed by atoms with Gasteiger partial charge in [0.1, 0.15) is 5.82 Å². The van der Waals surface area contributed by atoms with Crippen molar-refractivity contribution in [2.24, 2.45) is 0 Å². The van der Waals surface area contributed by atoms with Crippen LogP contribution in [-0.2, 0) is 25.1 Å². The highest BCUT2D eigenvalue weighted by Gasteiger charge is 2.15. The van der Waals surface area contributed by atoms with E-state index >= 15 is 0 Å². The third-order valence-electron chi connectivity index (χ3n) is 5.35. The molecule has 0 aliphatic rings. The molecule has 2 aromatic carbocycles. The summed E-state index contributed by atoms with van der Waals surface area (Å²) in [6.07, 6.45) is 1.74. The molecule has 0 aliphatic heterocycles. The van der Waals surface area contributed by atoms with Gasteiger partial charge in [0.2, 0.25) is 0 Å². The molecule has 0 amide bonds. The highest BCUT2D eigenvalue weighted by molar-refractivity contribution is 7.98. The van der Waals surface area contributed by atoms with E-state index in [1.807, 2.05) is 31.2 Å². The minimum Gasteiger partial charge on any atom is -0.305 e. The number of hydrogen-bond acceptors (Lipinski definition) is 6. The van der Waals surface area contributed by atoms with Crippen molar-refractivity contribution in [1.82, 2.24) is 24.7 Å². The number of para-hydroxylation sites is 2. The molecule has 5 aromatic rings. The van der Waals surface area contributed by atoms with Crippen LogP contribution in [0.15, 0.2) is 77.3 Å². The molecule has 3 aromatic heterocycles. The zero-order valence-corrected chi connectivity index (χ0v) is 19.4. The summed E-state index contributed by atoms with van der Waals surface area (Å²) in [6, 6.07) is 22.8. The summed E-state index contributed by atoms with van der Waals surface area (Å²) in [5.41, 5.74) is 5.13. The van der Waals surface area contributed by atoms with Crippen LogP contribution in [-0.4, -0.2) is 24.7 Å². The van der Waals surface area contributed by atoms with E-state index in [9.17, 15) is 0 Å². The average molecular weight is 458 g/mol. The number of nitrogens with zero attached hydrogens (tertiary/aromatic N) is 5. The first-order valence-corrected chi connectivity index (χ1v) is 12.5. The molecule has 0 N–H and O–H groups in total. The van der Waals surface area contributed by atoms with Crippen molar-refractivity contribution in [3.05, 3.63) is 99.8 Å². The van der Waals surface area contributed by atoms with Gasteiger partial charge in [-0.05, 0) is 42.5 Å². The second-order valence-electron chi connectivity index (χ2n) is 7.58. The van der Waals surface area contributed by atoms with Gasteiger partial charge >= 0.3 is 0 Å². The Labute approximate surface area is 195 Å². The summed E-state index contributed by atoms with van der Waals surface area (Å²) in [7, 11) is 0. The van der Waals surface area contributed by atoms with E-state index < -0.39 is 0 Å². The van der Waals surface area contributed by atoms with Gasteiger partial charge in [-0.3, -0.25) is 0 Å². The molecule has 0 atom stereocenters. The molecular formula is C25H23N5S2. The van der Waals surface area contributed by atoms with Crippen LogP contribution >= 0.6 is 23.1 Å². The van der Waals surface area contributed by atoms with E-state index in [0.717, 1.165) is 52.8 Å². The number of benzene rings is 2. The van der Waals surface area contributed by atoms with E-state index in [2.05, 4.69) is 62.6 Å². The Morgan fingerprint density at radius 3 is 2.44 bits per heavy atom. The first-order chi connectivity index (χ1) is 15.8. The first kappa shape index (κ1) is 20.8.